The van der Waals surface area contributed by atoms with Gasteiger partial charge in [0.25, 0.3) is 0 Å². The lowest BCUT2D eigenvalue weighted by Crippen LogP contribution is -2.07. The lowest BCUT2D eigenvalue weighted by Gasteiger charge is -2.04. The van der Waals surface area contributed by atoms with Crippen molar-refractivity contribution in [3.8, 4) is 0 Å². The topological polar surface area (TPSA) is 73.0 Å². The second-order valence-electron chi connectivity index (χ2n) is 4.70. The molecular formula is C11H20N2O2S2. The summed E-state index contributed by atoms with van der Waals surface area (Å²) in [6, 6.07) is 0. The van der Waals surface area contributed by atoms with E-state index in [0.717, 1.165) is 17.0 Å². The van der Waals surface area contributed by atoms with E-state index < -0.39 is 15.1 Å². The molecule has 17 heavy (non-hydrogen) atoms. The van der Waals surface area contributed by atoms with E-state index in [4.69, 9.17) is 5.73 Å². The summed E-state index contributed by atoms with van der Waals surface area (Å²) in [5.74, 6) is 0.490. The van der Waals surface area contributed by atoms with Gasteiger partial charge >= 0.3 is 0 Å². The third kappa shape index (κ3) is 3.76. The molecular weight excluding hydrogens is 256 g/mol. The molecule has 1 aromatic heterocycles. The van der Waals surface area contributed by atoms with Crippen molar-refractivity contribution in [1.29, 1.82) is 0 Å². The first kappa shape index (κ1) is 14.6. The highest BCUT2D eigenvalue weighted by atomic mass is 32.2. The fraction of sp³-hybridized carbons (Fsp3) is 0.727. The molecule has 6 heteroatoms. The fourth-order valence-electron chi connectivity index (χ4n) is 1.47. The third-order valence-corrected chi connectivity index (χ3v) is 5.53. The van der Waals surface area contributed by atoms with Crippen LogP contribution in [0.15, 0.2) is 0 Å². The molecule has 0 aliphatic carbocycles. The van der Waals surface area contributed by atoms with Gasteiger partial charge in [-0.1, -0.05) is 13.8 Å². The van der Waals surface area contributed by atoms with E-state index in [1.54, 1.807) is 6.92 Å². The van der Waals surface area contributed by atoms with Gasteiger partial charge in [0.2, 0.25) is 0 Å². The van der Waals surface area contributed by atoms with Crippen LogP contribution in [0.25, 0.3) is 0 Å². The minimum absolute atomic E-state index is 0.427. The minimum atomic E-state index is -3.09. The van der Waals surface area contributed by atoms with Crippen molar-refractivity contribution in [3.05, 3.63) is 15.6 Å². The van der Waals surface area contributed by atoms with Crippen LogP contribution in [0.1, 0.15) is 41.6 Å². The Labute approximate surface area is 107 Å². The van der Waals surface area contributed by atoms with E-state index in [2.05, 4.69) is 18.8 Å². The number of aromatic nitrogens is 1. The largest absolute Gasteiger partial charge is 0.326 e. The highest BCUT2D eigenvalue weighted by Crippen LogP contribution is 2.29. The average Bonchev–Trinajstić information content (AvgIpc) is 2.57. The molecule has 0 spiro atoms. The van der Waals surface area contributed by atoms with Crippen LogP contribution < -0.4 is 5.73 Å². The molecule has 1 rings (SSSR count). The first-order chi connectivity index (χ1) is 7.75. The SMILES string of the molecule is CC(C)Cc1nc(C(C)S(C)(=O)=O)sc1CN. The van der Waals surface area contributed by atoms with Crippen LogP contribution in [-0.4, -0.2) is 19.7 Å². The monoisotopic (exact) mass is 276 g/mol. The van der Waals surface area contributed by atoms with Crippen molar-refractivity contribution in [3.63, 3.8) is 0 Å². The molecule has 0 fully saturated rings. The van der Waals surface area contributed by atoms with Gasteiger partial charge in [0.05, 0.1) is 5.69 Å². The molecule has 1 atom stereocenters. The number of thiazole rings is 1. The van der Waals surface area contributed by atoms with Crippen LogP contribution in [0.5, 0.6) is 0 Å². The molecule has 2 N–H and O–H groups in total. The van der Waals surface area contributed by atoms with Gasteiger partial charge in [-0.05, 0) is 19.3 Å². The first-order valence-electron chi connectivity index (χ1n) is 5.63. The Bertz CT molecular complexity index is 478. The predicted molar refractivity (Wildman–Crippen MR) is 71.8 cm³/mol. The highest BCUT2D eigenvalue weighted by Gasteiger charge is 2.23. The van der Waals surface area contributed by atoms with Crippen LogP contribution in [-0.2, 0) is 22.8 Å². The number of rotatable bonds is 5. The van der Waals surface area contributed by atoms with Gasteiger partial charge in [-0.25, -0.2) is 13.4 Å². The number of sulfone groups is 1. The highest BCUT2D eigenvalue weighted by molar-refractivity contribution is 7.91. The molecule has 0 saturated heterocycles. The summed E-state index contributed by atoms with van der Waals surface area (Å²) in [5.41, 5.74) is 6.63. The van der Waals surface area contributed by atoms with Crippen molar-refractivity contribution < 1.29 is 8.42 Å². The summed E-state index contributed by atoms with van der Waals surface area (Å²) in [5, 5.41) is 0.113. The second kappa shape index (κ2) is 5.46. The number of nitrogens with zero attached hydrogens (tertiary/aromatic N) is 1. The molecule has 1 aromatic rings. The lowest BCUT2D eigenvalue weighted by molar-refractivity contribution is 0.591. The summed E-state index contributed by atoms with van der Waals surface area (Å²) in [6.07, 6.45) is 2.09. The first-order valence-corrected chi connectivity index (χ1v) is 8.40. The van der Waals surface area contributed by atoms with Gasteiger partial charge in [-0.3, -0.25) is 0 Å². The quantitative estimate of drug-likeness (QED) is 0.891. The van der Waals surface area contributed by atoms with E-state index in [-0.39, 0.29) is 0 Å². The molecule has 0 aliphatic rings. The third-order valence-electron chi connectivity index (χ3n) is 2.57. The zero-order chi connectivity index (χ0) is 13.2. The Morgan fingerprint density at radius 3 is 2.35 bits per heavy atom. The fourth-order valence-corrected chi connectivity index (χ4v) is 3.46. The average molecular weight is 276 g/mol. The summed E-state index contributed by atoms with van der Waals surface area (Å²) < 4.78 is 23.0. The van der Waals surface area contributed by atoms with Crippen LogP contribution in [0.3, 0.4) is 0 Å². The number of nitrogens with two attached hydrogens (primary N) is 1. The van der Waals surface area contributed by atoms with Gasteiger partial charge in [0, 0.05) is 17.7 Å². The smallest absolute Gasteiger partial charge is 0.156 e. The van der Waals surface area contributed by atoms with E-state index in [1.807, 2.05) is 0 Å². The van der Waals surface area contributed by atoms with Crippen molar-refractivity contribution in [2.24, 2.45) is 11.7 Å². The maximum Gasteiger partial charge on any atom is 0.156 e. The maximum absolute atomic E-state index is 11.5. The van der Waals surface area contributed by atoms with Crippen LogP contribution in [0.2, 0.25) is 0 Å². The molecule has 1 heterocycles. The lowest BCUT2D eigenvalue weighted by atomic mass is 10.1. The summed E-state index contributed by atoms with van der Waals surface area (Å²) in [6.45, 7) is 6.32. The van der Waals surface area contributed by atoms with Gasteiger partial charge in [0.15, 0.2) is 9.84 Å². The Morgan fingerprint density at radius 1 is 1.35 bits per heavy atom. The molecule has 98 valence electrons. The summed E-state index contributed by atoms with van der Waals surface area (Å²) in [4.78, 5) is 5.45. The summed E-state index contributed by atoms with van der Waals surface area (Å²) in [7, 11) is -3.09. The van der Waals surface area contributed by atoms with Gasteiger partial charge in [0.1, 0.15) is 10.3 Å². The van der Waals surface area contributed by atoms with Gasteiger partial charge < -0.3 is 5.73 Å². The van der Waals surface area contributed by atoms with Crippen LogP contribution >= 0.6 is 11.3 Å². The standard InChI is InChI=1S/C11H20N2O2S2/c1-7(2)5-9-10(6-12)16-11(13-9)8(3)17(4,14)15/h7-8H,5-6,12H2,1-4H3. The van der Waals surface area contributed by atoms with Crippen molar-refractivity contribution in [2.75, 3.05) is 6.26 Å². The zero-order valence-electron chi connectivity index (χ0n) is 10.7. The van der Waals surface area contributed by atoms with E-state index in [0.29, 0.717) is 17.5 Å². The van der Waals surface area contributed by atoms with Gasteiger partial charge in [-0.2, -0.15) is 0 Å². The molecule has 0 amide bonds. The van der Waals surface area contributed by atoms with Crippen molar-refractivity contribution in [2.45, 2.75) is 39.0 Å². The Hall–Kier alpha value is -0.460. The Balaban J connectivity index is 3.08. The molecule has 0 aromatic carbocycles. The molecule has 0 aliphatic heterocycles. The Morgan fingerprint density at radius 2 is 1.94 bits per heavy atom. The van der Waals surface area contributed by atoms with E-state index in [1.165, 1.54) is 17.6 Å². The molecule has 1 unspecified atom stereocenters. The van der Waals surface area contributed by atoms with Crippen molar-refractivity contribution >= 4 is 21.2 Å². The zero-order valence-corrected chi connectivity index (χ0v) is 12.4. The van der Waals surface area contributed by atoms with Crippen molar-refractivity contribution in [1.82, 2.24) is 4.98 Å². The van der Waals surface area contributed by atoms with Crippen LogP contribution in [0.4, 0.5) is 0 Å². The van der Waals surface area contributed by atoms with E-state index in [9.17, 15) is 8.42 Å². The molecule has 4 nitrogen and oxygen atoms in total. The number of hydrogen-bond acceptors (Lipinski definition) is 5. The molecule has 0 radical (unpaired) electrons. The van der Waals surface area contributed by atoms with E-state index >= 15 is 0 Å². The number of hydrogen-bond donors (Lipinski definition) is 1. The Kier molecular flexibility index (Phi) is 4.69. The maximum atomic E-state index is 11.5. The van der Waals surface area contributed by atoms with Gasteiger partial charge in [-0.15, -0.1) is 11.3 Å². The predicted octanol–water partition coefficient (Wildman–Crippen LogP) is 1.91. The molecule has 0 bridgehead atoms. The normalized spacial score (nSPS) is 14.2. The minimum Gasteiger partial charge on any atom is -0.326 e. The summed E-state index contributed by atoms with van der Waals surface area (Å²) >= 11 is 1.42. The second-order valence-corrected chi connectivity index (χ2v) is 8.18. The van der Waals surface area contributed by atoms with Crippen LogP contribution in [0, 0.1) is 5.92 Å². The molecule has 0 saturated carbocycles.